The van der Waals surface area contributed by atoms with Crippen LogP contribution >= 0.6 is 11.3 Å². The van der Waals surface area contributed by atoms with Crippen LogP contribution in [0.25, 0.3) is 10.2 Å². The molecule has 6 nitrogen and oxygen atoms in total. The molecule has 0 aliphatic rings. The van der Waals surface area contributed by atoms with Gasteiger partial charge >= 0.3 is 0 Å². The van der Waals surface area contributed by atoms with E-state index in [-0.39, 0.29) is 5.91 Å². The van der Waals surface area contributed by atoms with Crippen molar-refractivity contribution in [3.63, 3.8) is 0 Å². The van der Waals surface area contributed by atoms with Gasteiger partial charge in [0.2, 0.25) is 0 Å². The first-order valence-electron chi connectivity index (χ1n) is 8.20. The predicted octanol–water partition coefficient (Wildman–Crippen LogP) is 3.66. The lowest BCUT2D eigenvalue weighted by Crippen LogP contribution is -2.16. The van der Waals surface area contributed by atoms with Crippen LogP contribution in [0.5, 0.6) is 17.2 Å². The zero-order valence-corrected chi connectivity index (χ0v) is 16.2. The number of nitrogens with zero attached hydrogens (tertiary/aromatic N) is 2. The molecule has 140 valence electrons. The van der Waals surface area contributed by atoms with Crippen LogP contribution in [0, 0.1) is 0 Å². The van der Waals surface area contributed by atoms with E-state index in [2.05, 4.69) is 11.6 Å². The molecule has 0 N–H and O–H groups in total. The molecule has 1 aromatic heterocycles. The van der Waals surface area contributed by atoms with Crippen LogP contribution in [0.15, 0.2) is 54.0 Å². The van der Waals surface area contributed by atoms with Gasteiger partial charge in [-0.15, -0.1) is 6.58 Å². The topological polar surface area (TPSA) is 62.1 Å². The molecule has 3 rings (SSSR count). The van der Waals surface area contributed by atoms with Gasteiger partial charge in [-0.25, -0.2) is 0 Å². The zero-order chi connectivity index (χ0) is 19.4. The van der Waals surface area contributed by atoms with E-state index in [9.17, 15) is 4.79 Å². The first-order chi connectivity index (χ1) is 13.1. The minimum atomic E-state index is -0.372. The van der Waals surface area contributed by atoms with Gasteiger partial charge < -0.3 is 18.8 Å². The Hall–Kier alpha value is -3.06. The normalized spacial score (nSPS) is 11.4. The molecule has 0 radical (unpaired) electrons. The summed E-state index contributed by atoms with van der Waals surface area (Å²) in [6, 6.07) is 10.8. The summed E-state index contributed by atoms with van der Waals surface area (Å²) in [6.07, 6.45) is 1.77. The number of ether oxygens (including phenoxy) is 3. The Labute approximate surface area is 161 Å². The fraction of sp³-hybridized carbons (Fsp3) is 0.200. The summed E-state index contributed by atoms with van der Waals surface area (Å²) >= 11 is 1.42. The number of rotatable bonds is 6. The molecule has 7 heteroatoms. The molecule has 0 fully saturated rings. The van der Waals surface area contributed by atoms with E-state index in [1.165, 1.54) is 25.6 Å². The maximum absolute atomic E-state index is 12.8. The van der Waals surface area contributed by atoms with E-state index < -0.39 is 0 Å². The smallest absolute Gasteiger partial charge is 0.279 e. The van der Waals surface area contributed by atoms with Crippen molar-refractivity contribution in [3.05, 3.63) is 59.4 Å². The quantitative estimate of drug-likeness (QED) is 0.609. The SMILES string of the molecule is C=CCn1c(=NC(=O)c2cc(OC)cc(OC)c2)sc2cc(OC)ccc21. The standard InChI is InChI=1S/C20H20N2O4S/c1-5-8-22-17-7-6-14(24-2)12-18(17)27-20(22)21-19(23)13-9-15(25-3)11-16(10-13)26-4/h5-7,9-12H,1,8H2,2-4H3. The first kappa shape index (κ1) is 18.7. The molecule has 0 spiro atoms. The van der Waals surface area contributed by atoms with Crippen molar-refractivity contribution < 1.29 is 19.0 Å². The minimum Gasteiger partial charge on any atom is -0.497 e. The number of carbonyl (C=O) groups excluding carboxylic acids is 1. The molecular formula is C20H20N2O4S. The Morgan fingerprint density at radius 3 is 2.33 bits per heavy atom. The second-order valence-corrected chi connectivity index (χ2v) is 6.64. The maximum atomic E-state index is 12.8. The zero-order valence-electron chi connectivity index (χ0n) is 15.4. The van der Waals surface area contributed by atoms with Gasteiger partial charge in [-0.3, -0.25) is 4.79 Å². The molecule has 0 unspecified atom stereocenters. The first-order valence-corrected chi connectivity index (χ1v) is 9.01. The number of methoxy groups -OCH3 is 3. The Morgan fingerprint density at radius 2 is 1.74 bits per heavy atom. The molecule has 0 bridgehead atoms. The summed E-state index contributed by atoms with van der Waals surface area (Å²) in [5, 5.41) is 0. The molecule has 0 saturated carbocycles. The fourth-order valence-electron chi connectivity index (χ4n) is 2.65. The van der Waals surface area contributed by atoms with Crippen LogP contribution in [-0.2, 0) is 6.54 Å². The van der Waals surface area contributed by atoms with Crippen molar-refractivity contribution in [2.24, 2.45) is 4.99 Å². The number of thiazole rings is 1. The Balaban J connectivity index is 2.13. The molecule has 2 aromatic carbocycles. The second kappa shape index (κ2) is 8.09. The van der Waals surface area contributed by atoms with Gasteiger partial charge in [0.1, 0.15) is 17.2 Å². The van der Waals surface area contributed by atoms with Gasteiger partial charge in [0.25, 0.3) is 5.91 Å². The monoisotopic (exact) mass is 384 g/mol. The van der Waals surface area contributed by atoms with Gasteiger partial charge in [-0.05, 0) is 30.3 Å². The Bertz CT molecular complexity index is 1040. The lowest BCUT2D eigenvalue weighted by atomic mass is 10.2. The summed E-state index contributed by atoms with van der Waals surface area (Å²) in [5.74, 6) is 1.45. The Morgan fingerprint density at radius 1 is 1.07 bits per heavy atom. The third kappa shape index (κ3) is 3.88. The van der Waals surface area contributed by atoms with Gasteiger partial charge in [-0.1, -0.05) is 17.4 Å². The predicted molar refractivity (Wildman–Crippen MR) is 106 cm³/mol. The Kier molecular flexibility index (Phi) is 5.61. The van der Waals surface area contributed by atoms with E-state index >= 15 is 0 Å². The molecule has 1 amide bonds. The summed E-state index contributed by atoms with van der Waals surface area (Å²) in [5.41, 5.74) is 1.36. The molecule has 27 heavy (non-hydrogen) atoms. The van der Waals surface area contributed by atoms with E-state index in [0.717, 1.165) is 16.0 Å². The molecule has 0 saturated heterocycles. The highest BCUT2D eigenvalue weighted by atomic mass is 32.1. The van der Waals surface area contributed by atoms with E-state index in [0.29, 0.717) is 28.4 Å². The molecule has 0 aliphatic carbocycles. The summed E-state index contributed by atoms with van der Waals surface area (Å²) in [7, 11) is 4.70. The van der Waals surface area contributed by atoms with Crippen LogP contribution in [0.2, 0.25) is 0 Å². The number of amides is 1. The van der Waals surface area contributed by atoms with Crippen molar-refractivity contribution in [1.82, 2.24) is 4.57 Å². The number of hydrogen-bond acceptors (Lipinski definition) is 5. The number of hydrogen-bond donors (Lipinski definition) is 0. The number of carbonyl (C=O) groups is 1. The largest absolute Gasteiger partial charge is 0.497 e. The summed E-state index contributed by atoms with van der Waals surface area (Å²) in [4.78, 5) is 17.7. The average Bonchev–Trinajstić information content (AvgIpc) is 3.03. The summed E-state index contributed by atoms with van der Waals surface area (Å²) < 4.78 is 18.7. The van der Waals surface area contributed by atoms with Crippen LogP contribution in [0.1, 0.15) is 10.4 Å². The third-order valence-corrected chi connectivity index (χ3v) is 5.04. The minimum absolute atomic E-state index is 0.372. The molecule has 0 aliphatic heterocycles. The van der Waals surface area contributed by atoms with Crippen LogP contribution in [0.4, 0.5) is 0 Å². The van der Waals surface area contributed by atoms with Gasteiger partial charge in [0, 0.05) is 18.2 Å². The maximum Gasteiger partial charge on any atom is 0.279 e. The lowest BCUT2D eigenvalue weighted by Gasteiger charge is -2.06. The van der Waals surface area contributed by atoms with E-state index in [1.54, 1.807) is 31.4 Å². The van der Waals surface area contributed by atoms with Crippen molar-refractivity contribution in [3.8, 4) is 17.2 Å². The van der Waals surface area contributed by atoms with Crippen molar-refractivity contribution in [2.45, 2.75) is 6.54 Å². The number of benzene rings is 2. The lowest BCUT2D eigenvalue weighted by molar-refractivity contribution is 0.0997. The number of fused-ring (bicyclic) bond motifs is 1. The molecule has 3 aromatic rings. The van der Waals surface area contributed by atoms with Gasteiger partial charge in [0.15, 0.2) is 4.80 Å². The summed E-state index contributed by atoms with van der Waals surface area (Å²) in [6.45, 7) is 4.34. The molecule has 0 atom stereocenters. The second-order valence-electron chi connectivity index (χ2n) is 5.64. The van der Waals surface area contributed by atoms with Crippen LogP contribution in [-0.4, -0.2) is 31.8 Å². The van der Waals surface area contributed by atoms with Crippen LogP contribution < -0.4 is 19.0 Å². The number of allylic oxidation sites excluding steroid dienone is 1. The van der Waals surface area contributed by atoms with Crippen molar-refractivity contribution in [1.29, 1.82) is 0 Å². The third-order valence-electron chi connectivity index (χ3n) is 4.00. The van der Waals surface area contributed by atoms with E-state index in [1.807, 2.05) is 22.8 Å². The average molecular weight is 384 g/mol. The van der Waals surface area contributed by atoms with Crippen molar-refractivity contribution in [2.75, 3.05) is 21.3 Å². The highest BCUT2D eigenvalue weighted by Gasteiger charge is 2.12. The fourth-order valence-corrected chi connectivity index (χ4v) is 3.72. The van der Waals surface area contributed by atoms with E-state index in [4.69, 9.17) is 14.2 Å². The van der Waals surface area contributed by atoms with Gasteiger partial charge in [-0.2, -0.15) is 4.99 Å². The van der Waals surface area contributed by atoms with Crippen molar-refractivity contribution >= 4 is 27.5 Å². The van der Waals surface area contributed by atoms with Gasteiger partial charge in [0.05, 0.1) is 31.5 Å². The molecular weight excluding hydrogens is 364 g/mol. The highest BCUT2D eigenvalue weighted by Crippen LogP contribution is 2.25. The van der Waals surface area contributed by atoms with Crippen LogP contribution in [0.3, 0.4) is 0 Å². The highest BCUT2D eigenvalue weighted by molar-refractivity contribution is 7.16. The molecule has 1 heterocycles. The number of aromatic nitrogens is 1.